The third-order valence-corrected chi connectivity index (χ3v) is 8.15. The van der Waals surface area contributed by atoms with E-state index >= 15 is 0 Å². The number of thiazole rings is 1. The predicted molar refractivity (Wildman–Crippen MR) is 146 cm³/mol. The second-order valence-electron chi connectivity index (χ2n) is 10.4. The Kier molecular flexibility index (Phi) is 8.58. The number of alkyl carbamates (subject to hydrolysis) is 1. The molecule has 3 aromatic rings. The van der Waals surface area contributed by atoms with Crippen molar-refractivity contribution >= 4 is 40.9 Å². The third-order valence-electron chi connectivity index (χ3n) is 5.68. The Balaban J connectivity index is 1.45. The highest BCUT2D eigenvalue weighted by molar-refractivity contribution is 7.97. The average Bonchev–Trinajstić information content (AvgIpc) is 3.50. The van der Waals surface area contributed by atoms with Crippen molar-refractivity contribution in [2.45, 2.75) is 88.8 Å². The maximum absolute atomic E-state index is 11.9. The summed E-state index contributed by atoms with van der Waals surface area (Å²) in [5.74, 6) is 1.02. The van der Waals surface area contributed by atoms with Crippen molar-refractivity contribution < 1.29 is 14.1 Å². The number of ether oxygens (including phenoxy) is 1. The summed E-state index contributed by atoms with van der Waals surface area (Å²) < 4.78 is 14.0. The fourth-order valence-corrected chi connectivity index (χ4v) is 6.10. The minimum absolute atomic E-state index is 0.0383. The van der Waals surface area contributed by atoms with Crippen LogP contribution in [0.1, 0.15) is 71.2 Å². The lowest BCUT2D eigenvalue weighted by Crippen LogP contribution is -2.38. The van der Waals surface area contributed by atoms with Crippen LogP contribution in [-0.4, -0.2) is 33.9 Å². The number of nitrogens with zero attached hydrogens (tertiary/aromatic N) is 2. The first-order valence-corrected chi connectivity index (χ1v) is 14.0. The molecule has 1 aromatic carbocycles. The summed E-state index contributed by atoms with van der Waals surface area (Å²) in [6.45, 7) is 10.2. The summed E-state index contributed by atoms with van der Waals surface area (Å²) >= 11 is 3.38. The van der Waals surface area contributed by atoms with Crippen molar-refractivity contribution in [1.82, 2.24) is 20.2 Å². The average molecular weight is 530 g/mol. The van der Waals surface area contributed by atoms with Crippen LogP contribution < -0.4 is 15.4 Å². The van der Waals surface area contributed by atoms with Crippen LogP contribution in [0, 0.1) is 0 Å². The maximum Gasteiger partial charge on any atom is 0.407 e. The van der Waals surface area contributed by atoms with Crippen LogP contribution in [-0.2, 0) is 4.74 Å². The van der Waals surface area contributed by atoms with Crippen LogP contribution in [0.3, 0.4) is 0 Å². The van der Waals surface area contributed by atoms with Gasteiger partial charge in [0, 0.05) is 45.9 Å². The molecule has 1 aliphatic rings. The van der Waals surface area contributed by atoms with E-state index in [2.05, 4.69) is 53.4 Å². The van der Waals surface area contributed by atoms with Crippen molar-refractivity contribution in [2.24, 2.45) is 0 Å². The van der Waals surface area contributed by atoms with Gasteiger partial charge in [0.1, 0.15) is 0 Å². The number of anilines is 2. The Labute approximate surface area is 221 Å². The van der Waals surface area contributed by atoms with Gasteiger partial charge >= 0.3 is 6.09 Å². The second kappa shape index (κ2) is 11.7. The van der Waals surface area contributed by atoms with Gasteiger partial charge < -0.3 is 19.9 Å². The minimum Gasteiger partial charge on any atom is -0.447 e. The van der Waals surface area contributed by atoms with Crippen LogP contribution in [0.25, 0.3) is 10.4 Å². The molecule has 0 aliphatic heterocycles. The minimum atomic E-state index is -0.319. The zero-order valence-electron chi connectivity index (χ0n) is 21.5. The first kappa shape index (κ1) is 26.5. The molecule has 0 radical (unpaired) electrons. The fraction of sp³-hybridized carbons (Fsp3) is 0.500. The number of nitrogens with one attached hydrogen (secondary N) is 3. The summed E-state index contributed by atoms with van der Waals surface area (Å²) in [6, 6.07) is 8.26. The third kappa shape index (κ3) is 7.47. The lowest BCUT2D eigenvalue weighted by molar-refractivity contribution is 0.109. The standard InChI is InChI=1S/C26H35N5O3S2/c1-16(2)33-25(32)30-18-8-6-17(7-9-18)24-27-15-22(35-24)20-11-10-19(29-23-12-13-28-34-23)14-21(20)36-31-26(3,4)5/h10-18,29,31H,6-9H2,1-5H3,(H,30,32). The van der Waals surface area contributed by atoms with Crippen molar-refractivity contribution in [3.8, 4) is 10.4 Å². The van der Waals surface area contributed by atoms with Gasteiger partial charge in [-0.3, -0.25) is 4.72 Å². The van der Waals surface area contributed by atoms with Gasteiger partial charge in [-0.1, -0.05) is 11.2 Å². The molecule has 1 amide bonds. The Morgan fingerprint density at radius 2 is 1.97 bits per heavy atom. The molecule has 0 unspecified atom stereocenters. The number of hydrogen-bond donors (Lipinski definition) is 3. The van der Waals surface area contributed by atoms with E-state index in [0.29, 0.717) is 11.8 Å². The number of carbonyl (C=O) groups is 1. The van der Waals surface area contributed by atoms with Crippen LogP contribution in [0.5, 0.6) is 0 Å². The van der Waals surface area contributed by atoms with Gasteiger partial charge in [0.05, 0.1) is 22.2 Å². The van der Waals surface area contributed by atoms with E-state index in [1.54, 1.807) is 35.5 Å². The van der Waals surface area contributed by atoms with Crippen LogP contribution >= 0.6 is 23.3 Å². The molecule has 1 aliphatic carbocycles. The molecule has 10 heteroatoms. The molecule has 0 saturated heterocycles. The van der Waals surface area contributed by atoms with E-state index in [-0.39, 0.29) is 23.8 Å². The molecule has 194 valence electrons. The van der Waals surface area contributed by atoms with Crippen LogP contribution in [0.15, 0.2) is 46.1 Å². The second-order valence-corrected chi connectivity index (χ2v) is 12.3. The van der Waals surface area contributed by atoms with E-state index in [4.69, 9.17) is 14.2 Å². The topological polar surface area (TPSA) is 101 Å². The van der Waals surface area contributed by atoms with Gasteiger partial charge in [0.2, 0.25) is 5.88 Å². The highest BCUT2D eigenvalue weighted by atomic mass is 32.2. The molecule has 4 rings (SSSR count). The van der Waals surface area contributed by atoms with Crippen LogP contribution in [0.2, 0.25) is 0 Å². The normalized spacial score (nSPS) is 18.3. The fourth-order valence-electron chi connectivity index (χ4n) is 4.02. The van der Waals surface area contributed by atoms with Gasteiger partial charge in [0.25, 0.3) is 0 Å². The molecular weight excluding hydrogens is 494 g/mol. The van der Waals surface area contributed by atoms with Gasteiger partial charge in [-0.25, -0.2) is 9.78 Å². The van der Waals surface area contributed by atoms with Gasteiger partial charge in [-0.2, -0.15) is 0 Å². The molecule has 2 aromatic heterocycles. The molecule has 0 spiro atoms. The van der Waals surface area contributed by atoms with Crippen LogP contribution in [0.4, 0.5) is 16.4 Å². The predicted octanol–water partition coefficient (Wildman–Crippen LogP) is 7.10. The number of hydrogen-bond acceptors (Lipinski definition) is 9. The summed E-state index contributed by atoms with van der Waals surface area (Å²) in [5, 5.41) is 11.2. The molecular formula is C26H35N5O3S2. The Hall–Kier alpha value is -2.56. The van der Waals surface area contributed by atoms with E-state index in [0.717, 1.165) is 51.7 Å². The quantitative estimate of drug-likeness (QED) is 0.266. The first-order valence-electron chi connectivity index (χ1n) is 12.4. The molecule has 8 nitrogen and oxygen atoms in total. The highest BCUT2D eigenvalue weighted by Crippen LogP contribution is 2.41. The first-order chi connectivity index (χ1) is 17.2. The Morgan fingerprint density at radius 1 is 1.19 bits per heavy atom. The molecule has 2 heterocycles. The molecule has 0 bridgehead atoms. The lowest BCUT2D eigenvalue weighted by Gasteiger charge is -2.28. The summed E-state index contributed by atoms with van der Waals surface area (Å²) in [5.41, 5.74) is 2.04. The highest BCUT2D eigenvalue weighted by Gasteiger charge is 2.26. The van der Waals surface area contributed by atoms with Crippen molar-refractivity contribution in [3.63, 3.8) is 0 Å². The summed E-state index contributed by atoms with van der Waals surface area (Å²) in [7, 11) is 0. The monoisotopic (exact) mass is 529 g/mol. The van der Waals surface area contributed by atoms with E-state index in [1.165, 1.54) is 0 Å². The zero-order valence-corrected chi connectivity index (χ0v) is 23.1. The van der Waals surface area contributed by atoms with E-state index < -0.39 is 0 Å². The van der Waals surface area contributed by atoms with E-state index in [1.807, 2.05) is 26.1 Å². The lowest BCUT2D eigenvalue weighted by atomic mass is 9.86. The Bertz CT molecular complexity index is 1130. The smallest absolute Gasteiger partial charge is 0.407 e. The van der Waals surface area contributed by atoms with Gasteiger partial charge in [0.15, 0.2) is 0 Å². The molecule has 1 fully saturated rings. The molecule has 36 heavy (non-hydrogen) atoms. The Morgan fingerprint density at radius 3 is 2.64 bits per heavy atom. The number of amides is 1. The van der Waals surface area contributed by atoms with Gasteiger partial charge in [-0.15, -0.1) is 11.3 Å². The van der Waals surface area contributed by atoms with E-state index in [9.17, 15) is 4.79 Å². The zero-order chi connectivity index (χ0) is 25.7. The van der Waals surface area contributed by atoms with Gasteiger partial charge in [-0.05, 0) is 84.4 Å². The SMILES string of the molecule is CC(C)OC(=O)NC1CCC(c2ncc(-c3ccc(Nc4ccno4)cc3SNC(C)(C)C)s2)CC1. The number of rotatable bonds is 8. The molecule has 1 saturated carbocycles. The number of benzene rings is 1. The summed E-state index contributed by atoms with van der Waals surface area (Å²) in [6.07, 6.45) is 7.07. The van der Waals surface area contributed by atoms with Crippen molar-refractivity contribution in [3.05, 3.63) is 41.7 Å². The number of carbonyl (C=O) groups excluding carboxylic acids is 1. The van der Waals surface area contributed by atoms with Crippen molar-refractivity contribution in [1.29, 1.82) is 0 Å². The largest absolute Gasteiger partial charge is 0.447 e. The molecule has 0 atom stereocenters. The van der Waals surface area contributed by atoms with Crippen molar-refractivity contribution in [2.75, 3.05) is 5.32 Å². The maximum atomic E-state index is 11.9. The number of aromatic nitrogens is 2. The molecule has 3 N–H and O–H groups in total. The summed E-state index contributed by atoms with van der Waals surface area (Å²) in [4.78, 5) is 19.0.